The lowest BCUT2D eigenvalue weighted by atomic mass is 10.2. The average molecular weight is 303 g/mol. The van der Waals surface area contributed by atoms with Crippen molar-refractivity contribution in [2.24, 2.45) is 0 Å². The molecule has 1 atom stereocenters. The first-order valence-electron chi connectivity index (χ1n) is 6.88. The molecule has 6 heteroatoms. The average Bonchev–Trinajstić information content (AvgIpc) is 2.97. The molecule has 0 spiro atoms. The zero-order valence-electron chi connectivity index (χ0n) is 11.6. The van der Waals surface area contributed by atoms with Gasteiger partial charge in [-0.05, 0) is 18.2 Å². The van der Waals surface area contributed by atoms with E-state index in [1.807, 2.05) is 52.2 Å². The summed E-state index contributed by atoms with van der Waals surface area (Å²) in [6.07, 6.45) is 1.92. The minimum Gasteiger partial charge on any atom is -0.480 e. The third-order valence-electron chi connectivity index (χ3n) is 3.55. The topological polar surface area (TPSA) is 58.4 Å². The van der Waals surface area contributed by atoms with Crippen LogP contribution in [-0.4, -0.2) is 49.8 Å². The van der Waals surface area contributed by atoms with Gasteiger partial charge in [-0.15, -0.1) is 0 Å². The molecule has 1 aliphatic rings. The molecule has 0 bridgehead atoms. The SMILES string of the molecule is O=C(O)C1CSCCN1Cc1ccn(-c2ccccc2)n1. The van der Waals surface area contributed by atoms with Gasteiger partial charge >= 0.3 is 5.97 Å². The summed E-state index contributed by atoms with van der Waals surface area (Å²) < 4.78 is 1.82. The summed E-state index contributed by atoms with van der Waals surface area (Å²) in [5, 5.41) is 13.8. The third kappa shape index (κ3) is 3.28. The molecule has 1 saturated heterocycles. The summed E-state index contributed by atoms with van der Waals surface area (Å²) in [5.41, 5.74) is 1.91. The fourth-order valence-corrected chi connectivity index (χ4v) is 3.54. The predicted octanol–water partition coefficient (Wildman–Crippen LogP) is 1.87. The van der Waals surface area contributed by atoms with Crippen LogP contribution >= 0.6 is 11.8 Å². The van der Waals surface area contributed by atoms with Gasteiger partial charge in [0.15, 0.2) is 0 Å². The predicted molar refractivity (Wildman–Crippen MR) is 82.7 cm³/mol. The molecule has 5 nitrogen and oxygen atoms in total. The lowest BCUT2D eigenvalue weighted by molar-refractivity contribution is -0.142. The van der Waals surface area contributed by atoms with Crippen molar-refractivity contribution in [3.63, 3.8) is 0 Å². The van der Waals surface area contributed by atoms with Gasteiger partial charge in [0.1, 0.15) is 6.04 Å². The highest BCUT2D eigenvalue weighted by Crippen LogP contribution is 2.19. The molecule has 0 saturated carbocycles. The molecule has 3 rings (SSSR count). The quantitative estimate of drug-likeness (QED) is 0.934. The number of nitrogens with zero attached hydrogens (tertiary/aromatic N) is 3. The number of hydrogen-bond acceptors (Lipinski definition) is 4. The lowest BCUT2D eigenvalue weighted by Gasteiger charge is -2.31. The Morgan fingerprint density at radius 2 is 2.14 bits per heavy atom. The van der Waals surface area contributed by atoms with E-state index in [4.69, 9.17) is 0 Å². The van der Waals surface area contributed by atoms with Crippen LogP contribution in [0.4, 0.5) is 0 Å². The number of aliphatic carboxylic acids is 1. The summed E-state index contributed by atoms with van der Waals surface area (Å²) in [4.78, 5) is 13.3. The number of aromatic nitrogens is 2. The Balaban J connectivity index is 1.73. The number of thioether (sulfide) groups is 1. The molecule has 0 amide bonds. The van der Waals surface area contributed by atoms with E-state index in [2.05, 4.69) is 5.10 Å². The second-order valence-corrected chi connectivity index (χ2v) is 6.14. The van der Waals surface area contributed by atoms with Crippen LogP contribution in [-0.2, 0) is 11.3 Å². The summed E-state index contributed by atoms with van der Waals surface area (Å²) in [6.45, 7) is 1.37. The highest BCUT2D eigenvalue weighted by molar-refractivity contribution is 7.99. The second kappa shape index (κ2) is 6.32. The first kappa shape index (κ1) is 14.2. The second-order valence-electron chi connectivity index (χ2n) is 4.99. The van der Waals surface area contributed by atoms with Crippen molar-refractivity contribution in [1.82, 2.24) is 14.7 Å². The van der Waals surface area contributed by atoms with Crippen molar-refractivity contribution in [3.8, 4) is 5.69 Å². The van der Waals surface area contributed by atoms with Crippen LogP contribution in [0.2, 0.25) is 0 Å². The Kier molecular flexibility index (Phi) is 4.26. The molecule has 1 aromatic carbocycles. The van der Waals surface area contributed by atoms with Gasteiger partial charge in [0, 0.05) is 30.8 Å². The van der Waals surface area contributed by atoms with Crippen molar-refractivity contribution in [2.45, 2.75) is 12.6 Å². The Hall–Kier alpha value is -1.79. The van der Waals surface area contributed by atoms with Gasteiger partial charge in [-0.1, -0.05) is 18.2 Å². The molecular weight excluding hydrogens is 286 g/mol. The first-order chi connectivity index (χ1) is 10.2. The van der Waals surface area contributed by atoms with Crippen molar-refractivity contribution < 1.29 is 9.90 Å². The van der Waals surface area contributed by atoms with Crippen molar-refractivity contribution in [3.05, 3.63) is 48.3 Å². The van der Waals surface area contributed by atoms with Gasteiger partial charge in [-0.2, -0.15) is 16.9 Å². The van der Waals surface area contributed by atoms with Gasteiger partial charge in [0.25, 0.3) is 0 Å². The van der Waals surface area contributed by atoms with Crippen LogP contribution in [0.1, 0.15) is 5.69 Å². The van der Waals surface area contributed by atoms with Crippen LogP contribution < -0.4 is 0 Å². The highest BCUT2D eigenvalue weighted by atomic mass is 32.2. The fraction of sp³-hybridized carbons (Fsp3) is 0.333. The zero-order chi connectivity index (χ0) is 14.7. The molecule has 1 fully saturated rings. The van der Waals surface area contributed by atoms with Gasteiger partial charge < -0.3 is 5.11 Å². The Morgan fingerprint density at radius 1 is 1.33 bits per heavy atom. The molecule has 21 heavy (non-hydrogen) atoms. The van der Waals surface area contributed by atoms with Crippen LogP contribution in [0.5, 0.6) is 0 Å². The fourth-order valence-electron chi connectivity index (χ4n) is 2.43. The molecular formula is C15H17N3O2S. The highest BCUT2D eigenvalue weighted by Gasteiger charge is 2.29. The number of carboxylic acids is 1. The normalized spacial score (nSPS) is 19.5. The van der Waals surface area contributed by atoms with Gasteiger partial charge in [0.2, 0.25) is 0 Å². The van der Waals surface area contributed by atoms with Crippen molar-refractivity contribution >= 4 is 17.7 Å². The van der Waals surface area contributed by atoms with Crippen molar-refractivity contribution in [1.29, 1.82) is 0 Å². The number of hydrogen-bond donors (Lipinski definition) is 1. The third-order valence-corrected chi connectivity index (χ3v) is 4.58. The standard InChI is InChI=1S/C15H17N3O2S/c19-15(20)14-11-21-9-8-17(14)10-12-6-7-18(16-12)13-4-2-1-3-5-13/h1-7,14H,8-11H2,(H,19,20). The molecule has 0 aliphatic carbocycles. The van der Waals surface area contributed by atoms with E-state index in [1.165, 1.54) is 0 Å². The molecule has 2 aromatic rings. The zero-order valence-corrected chi connectivity index (χ0v) is 12.4. The van der Waals surface area contributed by atoms with E-state index < -0.39 is 12.0 Å². The van der Waals surface area contributed by atoms with E-state index in [1.54, 1.807) is 11.8 Å². The minimum atomic E-state index is -0.746. The number of rotatable bonds is 4. The molecule has 110 valence electrons. The van der Waals surface area contributed by atoms with Gasteiger partial charge in [-0.3, -0.25) is 9.69 Å². The summed E-state index contributed by atoms with van der Waals surface area (Å²) in [7, 11) is 0. The van der Waals surface area contributed by atoms with Gasteiger partial charge in [-0.25, -0.2) is 4.68 Å². The van der Waals surface area contributed by atoms with Crippen LogP contribution in [0.15, 0.2) is 42.6 Å². The summed E-state index contributed by atoms with van der Waals surface area (Å²) in [5.74, 6) is 0.877. The number of carboxylic acid groups (broad SMARTS) is 1. The molecule has 1 aromatic heterocycles. The van der Waals surface area contributed by atoms with E-state index >= 15 is 0 Å². The smallest absolute Gasteiger partial charge is 0.321 e. The van der Waals surface area contributed by atoms with E-state index in [0.29, 0.717) is 12.3 Å². The number of benzene rings is 1. The molecule has 0 radical (unpaired) electrons. The maximum absolute atomic E-state index is 11.3. The Morgan fingerprint density at radius 3 is 2.90 bits per heavy atom. The Bertz CT molecular complexity index is 614. The molecule has 1 unspecified atom stereocenters. The lowest BCUT2D eigenvalue weighted by Crippen LogP contribution is -2.46. The molecule has 2 heterocycles. The van der Waals surface area contributed by atoms with Crippen LogP contribution in [0, 0.1) is 0 Å². The van der Waals surface area contributed by atoms with Crippen LogP contribution in [0.25, 0.3) is 5.69 Å². The number of para-hydroxylation sites is 1. The summed E-state index contributed by atoms with van der Waals surface area (Å²) >= 11 is 1.70. The largest absolute Gasteiger partial charge is 0.480 e. The maximum Gasteiger partial charge on any atom is 0.321 e. The molecule has 1 N–H and O–H groups in total. The first-order valence-corrected chi connectivity index (χ1v) is 8.04. The minimum absolute atomic E-state index is 0.411. The maximum atomic E-state index is 11.3. The van der Waals surface area contributed by atoms with E-state index in [9.17, 15) is 9.90 Å². The molecule has 1 aliphatic heterocycles. The monoisotopic (exact) mass is 303 g/mol. The Labute approximate surface area is 127 Å². The van der Waals surface area contributed by atoms with E-state index in [0.717, 1.165) is 23.7 Å². The van der Waals surface area contributed by atoms with Gasteiger partial charge in [0.05, 0.1) is 11.4 Å². The van der Waals surface area contributed by atoms with E-state index in [-0.39, 0.29) is 0 Å². The van der Waals surface area contributed by atoms with Crippen LogP contribution in [0.3, 0.4) is 0 Å². The van der Waals surface area contributed by atoms with Crippen molar-refractivity contribution in [2.75, 3.05) is 18.1 Å². The number of carbonyl (C=O) groups is 1. The summed E-state index contributed by atoms with van der Waals surface area (Å²) in [6, 6.07) is 11.4.